The zero-order valence-corrected chi connectivity index (χ0v) is 17.1. The van der Waals surface area contributed by atoms with Gasteiger partial charge in [0.05, 0.1) is 25.6 Å². The molecule has 0 spiro atoms. The molecule has 0 aromatic carbocycles. The molecule has 0 radical (unpaired) electrons. The van der Waals surface area contributed by atoms with Crippen LogP contribution in [0.4, 0.5) is 4.79 Å². The van der Waals surface area contributed by atoms with Crippen LogP contribution in [-0.2, 0) is 24.2 Å². The number of ether oxygens (including phenoxy) is 3. The van der Waals surface area contributed by atoms with Gasteiger partial charge in [0.25, 0.3) is 0 Å². The van der Waals surface area contributed by atoms with E-state index in [1.54, 1.807) is 27.9 Å². The van der Waals surface area contributed by atoms with E-state index in [1.807, 2.05) is 13.8 Å². The van der Waals surface area contributed by atoms with Crippen LogP contribution >= 0.6 is 0 Å². The van der Waals surface area contributed by atoms with Crippen molar-refractivity contribution in [2.75, 3.05) is 39.2 Å². The third kappa shape index (κ3) is 15.1. The maximum Gasteiger partial charge on any atom is 0.407 e. The Morgan fingerprint density at radius 1 is 1.12 bits per heavy atom. The van der Waals surface area contributed by atoms with Gasteiger partial charge in [-0.25, -0.2) is 17.9 Å². The molecule has 150 valence electrons. The molecule has 0 aliphatic heterocycles. The standard InChI is InChI=1S/C16H34N2O6S/c1-13(2)11-14(18-15(19)24-16(3,4)5)12-17-25(20,21)10-9-23-8-7-22-6/h13-14,17H,7-12H2,1-6H3,(H,18,19). The van der Waals surface area contributed by atoms with Gasteiger partial charge in [-0.2, -0.15) is 0 Å². The van der Waals surface area contributed by atoms with Gasteiger partial charge in [0.2, 0.25) is 10.0 Å². The number of rotatable bonds is 12. The lowest BCUT2D eigenvalue weighted by Gasteiger charge is -2.24. The van der Waals surface area contributed by atoms with E-state index in [1.165, 1.54) is 0 Å². The predicted molar refractivity (Wildman–Crippen MR) is 97.1 cm³/mol. The Bertz CT molecular complexity index is 474. The number of carbonyl (C=O) groups is 1. The first-order valence-corrected chi connectivity index (χ1v) is 10.1. The highest BCUT2D eigenvalue weighted by Crippen LogP contribution is 2.09. The Balaban J connectivity index is 4.43. The highest BCUT2D eigenvalue weighted by atomic mass is 32.2. The molecule has 1 amide bonds. The quantitative estimate of drug-likeness (QED) is 0.496. The van der Waals surface area contributed by atoms with Crippen LogP contribution in [0.5, 0.6) is 0 Å². The Morgan fingerprint density at radius 2 is 1.76 bits per heavy atom. The lowest BCUT2D eigenvalue weighted by atomic mass is 10.0. The molecule has 0 aromatic heterocycles. The Kier molecular flexibility index (Phi) is 11.2. The number of hydrogen-bond donors (Lipinski definition) is 2. The van der Waals surface area contributed by atoms with E-state index in [-0.39, 0.29) is 24.9 Å². The van der Waals surface area contributed by atoms with E-state index in [0.717, 1.165) is 0 Å². The fourth-order valence-corrected chi connectivity index (χ4v) is 2.89. The molecule has 0 aliphatic carbocycles. The van der Waals surface area contributed by atoms with Crippen LogP contribution < -0.4 is 10.0 Å². The summed E-state index contributed by atoms with van der Waals surface area (Å²) in [5.74, 6) is 0.152. The summed E-state index contributed by atoms with van der Waals surface area (Å²) in [5.41, 5.74) is -0.606. The van der Waals surface area contributed by atoms with Crippen LogP contribution in [0.1, 0.15) is 41.0 Å². The van der Waals surface area contributed by atoms with Gasteiger partial charge in [-0.1, -0.05) is 13.8 Å². The molecule has 0 bridgehead atoms. The second kappa shape index (κ2) is 11.7. The molecule has 8 nitrogen and oxygen atoms in total. The summed E-state index contributed by atoms with van der Waals surface area (Å²) in [6, 6.07) is -0.348. The van der Waals surface area contributed by atoms with Crippen LogP contribution in [-0.4, -0.2) is 65.4 Å². The molecule has 0 heterocycles. The summed E-state index contributed by atoms with van der Waals surface area (Å²) < 4.78 is 41.7. The average Bonchev–Trinajstić information content (AvgIpc) is 2.42. The first-order valence-electron chi connectivity index (χ1n) is 8.48. The zero-order chi connectivity index (χ0) is 19.5. The Labute approximate surface area is 152 Å². The van der Waals surface area contributed by atoms with Gasteiger partial charge in [0.1, 0.15) is 5.60 Å². The van der Waals surface area contributed by atoms with Crippen LogP contribution in [0.25, 0.3) is 0 Å². The summed E-state index contributed by atoms with van der Waals surface area (Å²) in [6.07, 6.45) is 0.0757. The van der Waals surface area contributed by atoms with E-state index in [9.17, 15) is 13.2 Å². The largest absolute Gasteiger partial charge is 0.444 e. The third-order valence-electron chi connectivity index (χ3n) is 2.95. The van der Waals surface area contributed by atoms with Crippen molar-refractivity contribution in [2.24, 2.45) is 5.92 Å². The van der Waals surface area contributed by atoms with Gasteiger partial charge in [-0.05, 0) is 33.1 Å². The maximum atomic E-state index is 12.0. The summed E-state index contributed by atoms with van der Waals surface area (Å²) in [4.78, 5) is 11.9. The SMILES string of the molecule is COCCOCCS(=O)(=O)NCC(CC(C)C)NC(=O)OC(C)(C)C. The van der Waals surface area contributed by atoms with Crippen molar-refractivity contribution in [3.63, 3.8) is 0 Å². The van der Waals surface area contributed by atoms with Crippen LogP contribution in [0.3, 0.4) is 0 Å². The number of alkyl carbamates (subject to hydrolysis) is 1. The van der Waals surface area contributed by atoms with Gasteiger partial charge in [-0.15, -0.1) is 0 Å². The first-order chi connectivity index (χ1) is 11.4. The second-order valence-electron chi connectivity index (χ2n) is 7.25. The molecule has 0 rings (SSSR count). The number of nitrogens with one attached hydrogen (secondary N) is 2. The van der Waals surface area contributed by atoms with E-state index in [4.69, 9.17) is 14.2 Å². The predicted octanol–water partition coefficient (Wildman–Crippen LogP) is 1.51. The van der Waals surface area contributed by atoms with E-state index >= 15 is 0 Å². The molecule has 0 saturated carbocycles. The Hall–Kier alpha value is -0.900. The van der Waals surface area contributed by atoms with Crippen molar-refractivity contribution in [3.05, 3.63) is 0 Å². The molecular formula is C16H34N2O6S. The molecule has 0 aromatic rings. The van der Waals surface area contributed by atoms with Gasteiger partial charge in [0.15, 0.2) is 0 Å². The molecule has 0 aliphatic rings. The number of amides is 1. The van der Waals surface area contributed by atoms with Crippen molar-refractivity contribution in [1.29, 1.82) is 0 Å². The highest BCUT2D eigenvalue weighted by molar-refractivity contribution is 7.89. The zero-order valence-electron chi connectivity index (χ0n) is 16.3. The summed E-state index contributed by atoms with van der Waals surface area (Å²) in [6.45, 7) is 10.3. The molecule has 1 atom stereocenters. The molecule has 1 unspecified atom stereocenters. The Morgan fingerprint density at radius 3 is 2.28 bits per heavy atom. The summed E-state index contributed by atoms with van der Waals surface area (Å²) in [5, 5.41) is 2.73. The van der Waals surface area contributed by atoms with Crippen LogP contribution in [0, 0.1) is 5.92 Å². The first kappa shape index (κ1) is 24.1. The number of hydrogen-bond acceptors (Lipinski definition) is 6. The lowest BCUT2D eigenvalue weighted by Crippen LogP contribution is -2.46. The van der Waals surface area contributed by atoms with Crippen molar-refractivity contribution < 1.29 is 27.4 Å². The number of carbonyl (C=O) groups excluding carboxylic acids is 1. The normalized spacial score (nSPS) is 13.7. The van der Waals surface area contributed by atoms with Gasteiger partial charge in [-0.3, -0.25) is 0 Å². The molecule has 2 N–H and O–H groups in total. The van der Waals surface area contributed by atoms with E-state index < -0.39 is 21.7 Å². The van der Waals surface area contributed by atoms with Crippen molar-refractivity contribution in [2.45, 2.75) is 52.7 Å². The summed E-state index contributed by atoms with van der Waals surface area (Å²) >= 11 is 0. The van der Waals surface area contributed by atoms with Crippen LogP contribution in [0.15, 0.2) is 0 Å². The average molecular weight is 383 g/mol. The van der Waals surface area contributed by atoms with Gasteiger partial charge < -0.3 is 19.5 Å². The van der Waals surface area contributed by atoms with Crippen molar-refractivity contribution >= 4 is 16.1 Å². The fraction of sp³-hybridized carbons (Fsp3) is 0.938. The van der Waals surface area contributed by atoms with Crippen molar-refractivity contribution in [3.8, 4) is 0 Å². The van der Waals surface area contributed by atoms with Gasteiger partial charge >= 0.3 is 6.09 Å². The summed E-state index contributed by atoms with van der Waals surface area (Å²) in [7, 11) is -1.93. The molecule has 0 fully saturated rings. The topological polar surface area (TPSA) is 103 Å². The third-order valence-corrected chi connectivity index (χ3v) is 4.27. The fourth-order valence-electron chi connectivity index (χ4n) is 1.95. The molecule has 25 heavy (non-hydrogen) atoms. The maximum absolute atomic E-state index is 12.0. The number of methoxy groups -OCH3 is 1. The monoisotopic (exact) mass is 382 g/mol. The smallest absolute Gasteiger partial charge is 0.407 e. The molecular weight excluding hydrogens is 348 g/mol. The minimum absolute atomic E-state index is 0.0903. The number of sulfonamides is 1. The van der Waals surface area contributed by atoms with E-state index in [0.29, 0.717) is 25.6 Å². The highest BCUT2D eigenvalue weighted by Gasteiger charge is 2.21. The van der Waals surface area contributed by atoms with E-state index in [2.05, 4.69) is 10.0 Å². The molecule has 9 heteroatoms. The van der Waals surface area contributed by atoms with Crippen LogP contribution in [0.2, 0.25) is 0 Å². The lowest BCUT2D eigenvalue weighted by molar-refractivity contribution is 0.0499. The van der Waals surface area contributed by atoms with Gasteiger partial charge in [0, 0.05) is 19.7 Å². The minimum Gasteiger partial charge on any atom is -0.444 e. The van der Waals surface area contributed by atoms with Crippen molar-refractivity contribution in [1.82, 2.24) is 10.0 Å². The molecule has 0 saturated heterocycles. The second-order valence-corrected chi connectivity index (χ2v) is 9.17. The minimum atomic E-state index is -3.48.